The van der Waals surface area contributed by atoms with E-state index in [-0.39, 0.29) is 18.0 Å². The highest BCUT2D eigenvalue weighted by Gasteiger charge is 2.19. The number of hydrogen-bond acceptors (Lipinski definition) is 4. The lowest BCUT2D eigenvalue weighted by atomic mass is 10.1. The Labute approximate surface area is 213 Å². The maximum atomic E-state index is 13.6. The smallest absolute Gasteiger partial charge is 0.258 e. The van der Waals surface area contributed by atoms with Gasteiger partial charge in [0.1, 0.15) is 5.82 Å². The van der Waals surface area contributed by atoms with Crippen molar-refractivity contribution in [1.29, 1.82) is 0 Å². The van der Waals surface area contributed by atoms with E-state index in [2.05, 4.69) is 15.1 Å². The number of benzene rings is 3. The molecule has 5 rings (SSSR count). The van der Waals surface area contributed by atoms with Gasteiger partial charge in [0.05, 0.1) is 39.5 Å². The summed E-state index contributed by atoms with van der Waals surface area (Å²) in [5, 5.41) is 5.62. The van der Waals surface area contributed by atoms with Crippen LogP contribution in [0, 0.1) is 13.8 Å². The standard InChI is InChI=1S/C28H24ClN5O2/c1-18-26(29)19(2)34(32-18)22-14-12-21(13-15-22)28(36)33(16-20-8-4-3-5-9-20)17-25-30-24-11-7-6-10-23(24)27(35)31-25/h3-15H,16-17H2,1-2H3,(H,30,31,35). The molecule has 0 aliphatic heterocycles. The molecule has 0 aliphatic carbocycles. The van der Waals surface area contributed by atoms with Crippen LogP contribution in [0.4, 0.5) is 0 Å². The molecule has 8 heteroatoms. The van der Waals surface area contributed by atoms with Gasteiger partial charge in [-0.1, -0.05) is 54.1 Å². The fourth-order valence-electron chi connectivity index (χ4n) is 4.20. The van der Waals surface area contributed by atoms with Crippen molar-refractivity contribution in [2.75, 3.05) is 0 Å². The lowest BCUT2D eigenvalue weighted by molar-refractivity contribution is 0.0725. The van der Waals surface area contributed by atoms with E-state index in [4.69, 9.17) is 11.6 Å². The second kappa shape index (κ2) is 9.79. The number of halogens is 1. The number of aromatic amines is 1. The van der Waals surface area contributed by atoms with Crippen LogP contribution >= 0.6 is 11.6 Å². The van der Waals surface area contributed by atoms with Gasteiger partial charge in [0.25, 0.3) is 11.5 Å². The van der Waals surface area contributed by atoms with Gasteiger partial charge in [-0.15, -0.1) is 0 Å². The number of para-hydroxylation sites is 1. The van der Waals surface area contributed by atoms with Crippen LogP contribution in [-0.2, 0) is 13.1 Å². The molecular weight excluding hydrogens is 474 g/mol. The normalized spacial score (nSPS) is 11.1. The molecule has 7 nitrogen and oxygen atoms in total. The second-order valence-electron chi connectivity index (χ2n) is 8.62. The van der Waals surface area contributed by atoms with Gasteiger partial charge in [-0.25, -0.2) is 9.67 Å². The molecule has 0 spiro atoms. The third-order valence-electron chi connectivity index (χ3n) is 6.07. The monoisotopic (exact) mass is 497 g/mol. The van der Waals surface area contributed by atoms with Gasteiger partial charge in [0.15, 0.2) is 0 Å². The summed E-state index contributed by atoms with van der Waals surface area (Å²) in [7, 11) is 0. The number of hydrogen-bond donors (Lipinski definition) is 1. The van der Waals surface area contributed by atoms with Gasteiger partial charge >= 0.3 is 0 Å². The molecule has 0 aliphatic rings. The molecule has 2 aromatic heterocycles. The van der Waals surface area contributed by atoms with E-state index >= 15 is 0 Å². The molecule has 1 N–H and O–H groups in total. The molecule has 3 aromatic carbocycles. The Morgan fingerprint density at radius 3 is 2.33 bits per heavy atom. The zero-order valence-corrected chi connectivity index (χ0v) is 20.7. The number of amides is 1. The van der Waals surface area contributed by atoms with E-state index in [9.17, 15) is 9.59 Å². The zero-order chi connectivity index (χ0) is 25.2. The number of fused-ring (bicyclic) bond motifs is 1. The van der Waals surface area contributed by atoms with E-state index in [1.165, 1.54) is 0 Å². The largest absolute Gasteiger partial charge is 0.327 e. The number of rotatable bonds is 6. The van der Waals surface area contributed by atoms with Gasteiger partial charge in [-0.05, 0) is 55.8 Å². The third-order valence-corrected chi connectivity index (χ3v) is 6.61. The maximum absolute atomic E-state index is 13.6. The summed E-state index contributed by atoms with van der Waals surface area (Å²) >= 11 is 6.30. The number of nitrogens with zero attached hydrogens (tertiary/aromatic N) is 4. The van der Waals surface area contributed by atoms with Crippen LogP contribution in [0.15, 0.2) is 83.7 Å². The first-order chi connectivity index (χ1) is 17.4. The number of nitrogens with one attached hydrogen (secondary N) is 1. The molecular formula is C28H24ClN5O2. The van der Waals surface area contributed by atoms with Crippen molar-refractivity contribution < 1.29 is 4.79 Å². The Kier molecular flexibility index (Phi) is 6.40. The topological polar surface area (TPSA) is 83.9 Å². The Morgan fingerprint density at radius 1 is 0.944 bits per heavy atom. The number of carbonyl (C=O) groups is 1. The molecule has 0 atom stereocenters. The van der Waals surface area contributed by atoms with E-state index in [1.807, 2.05) is 62.4 Å². The van der Waals surface area contributed by atoms with Gasteiger partial charge in [-0.2, -0.15) is 5.10 Å². The molecule has 0 radical (unpaired) electrons. The molecule has 5 aromatic rings. The first-order valence-electron chi connectivity index (χ1n) is 11.5. The van der Waals surface area contributed by atoms with Crippen LogP contribution in [-0.4, -0.2) is 30.6 Å². The van der Waals surface area contributed by atoms with Crippen molar-refractivity contribution in [1.82, 2.24) is 24.6 Å². The van der Waals surface area contributed by atoms with E-state index in [0.717, 1.165) is 22.6 Å². The molecule has 1 amide bonds. The lowest BCUT2D eigenvalue weighted by Gasteiger charge is -2.23. The van der Waals surface area contributed by atoms with Gasteiger partial charge in [0, 0.05) is 12.1 Å². The third kappa shape index (κ3) is 4.65. The first kappa shape index (κ1) is 23.5. The summed E-state index contributed by atoms with van der Waals surface area (Å²) < 4.78 is 1.76. The Morgan fingerprint density at radius 2 is 1.64 bits per heavy atom. The summed E-state index contributed by atoms with van der Waals surface area (Å²) in [6, 6.07) is 24.1. The number of aromatic nitrogens is 4. The van der Waals surface area contributed by atoms with Crippen molar-refractivity contribution in [2.45, 2.75) is 26.9 Å². The highest BCUT2D eigenvalue weighted by Crippen LogP contribution is 2.23. The Bertz CT molecular complexity index is 1610. The van der Waals surface area contributed by atoms with Crippen LogP contribution in [0.2, 0.25) is 5.02 Å². The average molecular weight is 498 g/mol. The van der Waals surface area contributed by atoms with Gasteiger partial charge in [-0.3, -0.25) is 9.59 Å². The molecule has 0 bridgehead atoms. The SMILES string of the molecule is Cc1nn(-c2ccc(C(=O)N(Cc3ccccc3)Cc3nc4ccccc4c(=O)[nH]3)cc2)c(C)c1Cl. The molecule has 0 fully saturated rings. The van der Waals surface area contributed by atoms with Crippen molar-refractivity contribution >= 4 is 28.4 Å². The average Bonchev–Trinajstić information content (AvgIpc) is 3.16. The number of carbonyl (C=O) groups excluding carboxylic acids is 1. The summed E-state index contributed by atoms with van der Waals surface area (Å²) in [6.45, 7) is 4.28. The first-order valence-corrected chi connectivity index (χ1v) is 11.9. The number of aryl methyl sites for hydroxylation is 1. The predicted molar refractivity (Wildman–Crippen MR) is 140 cm³/mol. The van der Waals surface area contributed by atoms with E-state index < -0.39 is 0 Å². The highest BCUT2D eigenvalue weighted by atomic mass is 35.5. The maximum Gasteiger partial charge on any atom is 0.258 e. The molecule has 0 saturated carbocycles. The second-order valence-corrected chi connectivity index (χ2v) is 9.00. The minimum Gasteiger partial charge on any atom is -0.327 e. The van der Waals surface area contributed by atoms with Crippen LogP contribution in [0.25, 0.3) is 16.6 Å². The molecule has 0 unspecified atom stereocenters. The fourth-order valence-corrected chi connectivity index (χ4v) is 4.31. The van der Waals surface area contributed by atoms with E-state index in [1.54, 1.807) is 39.9 Å². The van der Waals surface area contributed by atoms with E-state index in [0.29, 0.717) is 33.9 Å². The zero-order valence-electron chi connectivity index (χ0n) is 19.9. The van der Waals surface area contributed by atoms with Gasteiger partial charge < -0.3 is 9.88 Å². The van der Waals surface area contributed by atoms with Gasteiger partial charge in [0.2, 0.25) is 0 Å². The minimum absolute atomic E-state index is 0.155. The van der Waals surface area contributed by atoms with Crippen molar-refractivity contribution in [2.24, 2.45) is 0 Å². The molecule has 0 saturated heterocycles. The minimum atomic E-state index is -0.226. The highest BCUT2D eigenvalue weighted by molar-refractivity contribution is 6.31. The van der Waals surface area contributed by atoms with Crippen LogP contribution in [0.1, 0.15) is 33.1 Å². The summed E-state index contributed by atoms with van der Waals surface area (Å²) in [6.07, 6.45) is 0. The van der Waals surface area contributed by atoms with Crippen LogP contribution < -0.4 is 5.56 Å². The van der Waals surface area contributed by atoms with Crippen molar-refractivity contribution in [3.05, 3.63) is 123 Å². The Balaban J connectivity index is 1.46. The Hall–Kier alpha value is -4.23. The lowest BCUT2D eigenvalue weighted by Crippen LogP contribution is -2.31. The fraction of sp³-hybridized carbons (Fsp3) is 0.143. The predicted octanol–water partition coefficient (Wildman–Crippen LogP) is 5.22. The number of H-pyrrole nitrogens is 1. The summed E-state index contributed by atoms with van der Waals surface area (Å²) in [5.74, 6) is 0.254. The quantitative estimate of drug-likeness (QED) is 0.348. The van der Waals surface area contributed by atoms with Crippen molar-refractivity contribution in [3.8, 4) is 5.69 Å². The summed E-state index contributed by atoms with van der Waals surface area (Å²) in [4.78, 5) is 35.3. The van der Waals surface area contributed by atoms with Crippen LogP contribution in [0.5, 0.6) is 0 Å². The molecule has 180 valence electrons. The summed E-state index contributed by atoms with van der Waals surface area (Å²) in [5.41, 5.74) is 4.26. The molecule has 36 heavy (non-hydrogen) atoms. The molecule has 2 heterocycles. The van der Waals surface area contributed by atoms with Crippen molar-refractivity contribution in [3.63, 3.8) is 0 Å². The van der Waals surface area contributed by atoms with Crippen LogP contribution in [0.3, 0.4) is 0 Å².